The first-order valence-corrected chi connectivity index (χ1v) is 25.7. The second kappa shape index (κ2) is 18.0. The van der Waals surface area contributed by atoms with Crippen LogP contribution in [0, 0.1) is 23.2 Å². The van der Waals surface area contributed by atoms with Crippen LogP contribution in [0.3, 0.4) is 0 Å². The molecule has 4 bridgehead atoms. The molecule has 3 N–H and O–H groups in total. The van der Waals surface area contributed by atoms with E-state index in [1.807, 2.05) is 56.3 Å². The average Bonchev–Trinajstić information content (AvgIpc) is 3.80. The zero-order chi connectivity index (χ0) is 45.6. The van der Waals surface area contributed by atoms with Crippen LogP contribution >= 0.6 is 18.9 Å². The van der Waals surface area contributed by atoms with E-state index < -0.39 is 13.6 Å². The number of amides is 1. The highest BCUT2D eigenvalue weighted by atomic mass is 32.1. The number of para-hydroxylation sites is 1. The number of thiazole rings is 1. The number of nitrogens with zero attached hydrogens (tertiary/aromatic N) is 5. The van der Waals surface area contributed by atoms with E-state index in [1.165, 1.54) is 24.0 Å². The van der Waals surface area contributed by atoms with Gasteiger partial charge in [-0.15, -0.1) is 0 Å². The van der Waals surface area contributed by atoms with Gasteiger partial charge in [-0.25, -0.2) is 14.8 Å². The first-order chi connectivity index (χ1) is 31.2. The summed E-state index contributed by atoms with van der Waals surface area (Å²) in [5.74, 6) is -0.613. The molecule has 4 heterocycles. The minimum Gasteiger partial charge on any atom is -0.476 e. The molecular formula is C49H62N7O7PS. The number of rotatable bonds is 19. The smallest absolute Gasteiger partial charge is 0.355 e. The summed E-state index contributed by atoms with van der Waals surface area (Å²) in [6.07, 6.45) is 9.57. The maximum Gasteiger partial charge on any atom is 0.355 e. The number of hydrogen-bond donors (Lipinski definition) is 3. The van der Waals surface area contributed by atoms with E-state index >= 15 is 0 Å². The quantitative estimate of drug-likeness (QED) is 0.0530. The number of carbonyl (C=O) groups excluding carboxylic acids is 1. The minimum atomic E-state index is -3.06. The second-order valence-corrected chi connectivity index (χ2v) is 22.9. The Labute approximate surface area is 385 Å². The summed E-state index contributed by atoms with van der Waals surface area (Å²) in [6.45, 7) is 15.1. The van der Waals surface area contributed by atoms with E-state index in [1.54, 1.807) is 6.07 Å². The van der Waals surface area contributed by atoms with Gasteiger partial charge in [-0.05, 0) is 130 Å². The van der Waals surface area contributed by atoms with Crippen molar-refractivity contribution in [3.63, 3.8) is 0 Å². The fourth-order valence-electron chi connectivity index (χ4n) is 13.0. The standard InChI is InChI=1S/C49H62N7O7PS/c1-6-62-64(60,63-7-2)24-12-19-50-21-23-61-49-29-46(4)26-47(5,30-49)28-48(27-46,31-49)32-56-33(3)40(36-15-11-20-51-41(36)44(58)59)42(54-56)55-22-18-34-13-10-14-35(37(34)25-55)43(57)53-45-52-38-16-8-9-17-39(38)65-45/h8-11,13-17,20,50H,6-7,12,18-19,21-32H2,1-5H3,(H,58,59)(H,52,53,57). The van der Waals surface area contributed by atoms with Gasteiger partial charge in [-0.2, -0.15) is 5.10 Å². The van der Waals surface area contributed by atoms with Crippen molar-refractivity contribution < 1.29 is 33.0 Å². The maximum absolute atomic E-state index is 14.0. The van der Waals surface area contributed by atoms with Crippen molar-refractivity contribution >= 4 is 52.0 Å². The number of carbonyl (C=O) groups is 2. The Morgan fingerprint density at radius 1 is 0.938 bits per heavy atom. The van der Waals surface area contributed by atoms with Crippen molar-refractivity contribution in [1.29, 1.82) is 0 Å². The molecule has 1 aliphatic heterocycles. The Morgan fingerprint density at radius 2 is 1.71 bits per heavy atom. The van der Waals surface area contributed by atoms with E-state index in [4.69, 9.17) is 18.9 Å². The van der Waals surface area contributed by atoms with Crippen molar-refractivity contribution in [2.75, 3.05) is 55.8 Å². The molecule has 4 fully saturated rings. The van der Waals surface area contributed by atoms with Gasteiger partial charge in [-0.1, -0.05) is 55.5 Å². The van der Waals surface area contributed by atoms with Crippen molar-refractivity contribution in [2.45, 2.75) is 105 Å². The number of ether oxygens (including phenoxy) is 1. The molecule has 0 saturated heterocycles. The highest BCUT2D eigenvalue weighted by Crippen LogP contribution is 2.72. The molecule has 16 heteroatoms. The Hall–Kier alpha value is -4.50. The molecule has 4 saturated carbocycles. The third kappa shape index (κ3) is 9.29. The lowest BCUT2D eigenvalue weighted by molar-refractivity contribution is -0.247. The summed E-state index contributed by atoms with van der Waals surface area (Å²) in [4.78, 5) is 38.0. The lowest BCUT2D eigenvalue weighted by Gasteiger charge is -2.69. The fourth-order valence-corrected chi connectivity index (χ4v) is 15.5. The second-order valence-electron chi connectivity index (χ2n) is 19.7. The molecule has 14 nitrogen and oxygen atoms in total. The van der Waals surface area contributed by atoms with Gasteiger partial charge in [0.25, 0.3) is 5.91 Å². The SMILES string of the molecule is CCOP(=O)(CCCNCCOC12CC3(C)CC(C)(CC(Cn4nc(N5CCc6cccc(C(=O)Nc7nc8ccccc8s7)c6C5)c(-c5cccnc5C(=O)O)c4C)(C3)C1)C2)OCC. The first kappa shape index (κ1) is 45.6. The van der Waals surface area contributed by atoms with Gasteiger partial charge in [-0.3, -0.25) is 19.4 Å². The Bertz CT molecular complexity index is 2590. The van der Waals surface area contributed by atoms with Gasteiger partial charge in [0.2, 0.25) is 0 Å². The number of nitrogens with one attached hydrogen (secondary N) is 2. The molecule has 2 aromatic carbocycles. The van der Waals surface area contributed by atoms with Crippen molar-refractivity contribution in [3.8, 4) is 11.1 Å². The lowest BCUT2D eigenvalue weighted by atomic mass is 9.39. The highest BCUT2D eigenvalue weighted by Gasteiger charge is 2.66. The fraction of sp³-hybridized carbons (Fsp3) is 0.531. The molecule has 3 aromatic heterocycles. The summed E-state index contributed by atoms with van der Waals surface area (Å²) in [5, 5.41) is 23.0. The summed E-state index contributed by atoms with van der Waals surface area (Å²) < 4.78 is 34.0. The molecule has 10 rings (SSSR count). The number of aromatic carboxylic acids is 1. The predicted octanol–water partition coefficient (Wildman–Crippen LogP) is 9.76. The number of fused-ring (bicyclic) bond motifs is 2. The molecule has 65 heavy (non-hydrogen) atoms. The van der Waals surface area contributed by atoms with E-state index in [0.29, 0.717) is 93.6 Å². The lowest BCUT2D eigenvalue weighted by Crippen LogP contribution is -2.64. The van der Waals surface area contributed by atoms with Crippen molar-refractivity contribution in [1.82, 2.24) is 25.1 Å². The van der Waals surface area contributed by atoms with E-state index in [-0.39, 0.29) is 33.4 Å². The van der Waals surface area contributed by atoms with E-state index in [2.05, 4.69) is 57.0 Å². The number of hydrogen-bond acceptors (Lipinski definition) is 12. The largest absolute Gasteiger partial charge is 0.476 e. The number of aromatic nitrogens is 4. The van der Waals surface area contributed by atoms with Crippen LogP contribution in [-0.2, 0) is 37.9 Å². The molecule has 5 aliphatic rings. The van der Waals surface area contributed by atoms with Crippen molar-refractivity contribution in [2.24, 2.45) is 16.2 Å². The third-order valence-electron chi connectivity index (χ3n) is 14.1. The normalized spacial score (nSPS) is 24.7. The van der Waals surface area contributed by atoms with Gasteiger partial charge in [0.05, 0.1) is 41.8 Å². The van der Waals surface area contributed by atoms with Crippen LogP contribution in [0.1, 0.15) is 110 Å². The molecule has 2 atom stereocenters. The van der Waals surface area contributed by atoms with Crippen LogP contribution in [-0.4, -0.2) is 87.9 Å². The zero-order valence-electron chi connectivity index (χ0n) is 38.3. The summed E-state index contributed by atoms with van der Waals surface area (Å²) in [6, 6.07) is 17.4. The van der Waals surface area contributed by atoms with Crippen LogP contribution in [0.5, 0.6) is 0 Å². The molecule has 4 aliphatic carbocycles. The summed E-state index contributed by atoms with van der Waals surface area (Å²) in [5.41, 5.74) is 5.51. The Balaban J connectivity index is 0.977. The Morgan fingerprint density at radius 3 is 2.45 bits per heavy atom. The zero-order valence-corrected chi connectivity index (χ0v) is 40.0. The first-order valence-electron chi connectivity index (χ1n) is 23.2. The minimum absolute atomic E-state index is 0.0157. The van der Waals surface area contributed by atoms with Crippen LogP contribution in [0.15, 0.2) is 60.8 Å². The molecule has 346 valence electrons. The molecule has 5 aromatic rings. The summed E-state index contributed by atoms with van der Waals surface area (Å²) >= 11 is 1.45. The van der Waals surface area contributed by atoms with E-state index in [9.17, 15) is 19.3 Å². The topological polar surface area (TPSA) is 170 Å². The van der Waals surface area contributed by atoms with Crippen LogP contribution in [0.2, 0.25) is 0 Å². The van der Waals surface area contributed by atoms with Gasteiger partial charge in [0.1, 0.15) is 0 Å². The number of carboxylic acid groups (broad SMARTS) is 1. The molecule has 1 amide bonds. The third-order valence-corrected chi connectivity index (χ3v) is 17.2. The van der Waals surface area contributed by atoms with Crippen LogP contribution < -0.4 is 15.5 Å². The summed E-state index contributed by atoms with van der Waals surface area (Å²) in [7, 11) is -3.06. The predicted molar refractivity (Wildman–Crippen MR) is 254 cm³/mol. The highest BCUT2D eigenvalue weighted by molar-refractivity contribution is 7.53. The van der Waals surface area contributed by atoms with Crippen molar-refractivity contribution in [3.05, 3.63) is 88.9 Å². The number of benzene rings is 2. The van der Waals surface area contributed by atoms with Gasteiger partial charge in [0.15, 0.2) is 16.6 Å². The number of pyridine rings is 1. The van der Waals surface area contributed by atoms with Gasteiger partial charge < -0.3 is 29.1 Å². The van der Waals surface area contributed by atoms with E-state index in [0.717, 1.165) is 64.7 Å². The van der Waals surface area contributed by atoms with Gasteiger partial charge in [0, 0.05) is 54.8 Å². The molecule has 0 radical (unpaired) electrons. The monoisotopic (exact) mass is 923 g/mol. The maximum atomic E-state index is 14.0. The number of anilines is 2. The van der Waals surface area contributed by atoms with Gasteiger partial charge >= 0.3 is 13.6 Å². The number of carboxylic acids is 1. The molecule has 2 unspecified atom stereocenters. The molecular weight excluding hydrogens is 862 g/mol. The molecule has 0 spiro atoms. The average molecular weight is 924 g/mol. The van der Waals surface area contributed by atoms with Crippen LogP contribution in [0.25, 0.3) is 21.3 Å². The van der Waals surface area contributed by atoms with Crippen LogP contribution in [0.4, 0.5) is 10.9 Å². The Kier molecular flexibility index (Phi) is 12.6.